The summed E-state index contributed by atoms with van der Waals surface area (Å²) in [7, 11) is -3.47. The SMILES string of the molecule is CC1(OS(C)(=O)=O)CN[C@@H]2Cc3c[nH]c4cccc(c34)[C@H]2C1. The fraction of sp³-hybridized carbons (Fsp3) is 0.500. The van der Waals surface area contributed by atoms with Crippen LogP contribution in [0.15, 0.2) is 24.4 Å². The molecule has 4 rings (SSSR count). The van der Waals surface area contributed by atoms with E-state index in [4.69, 9.17) is 4.18 Å². The molecule has 22 heavy (non-hydrogen) atoms. The first-order valence-corrected chi connectivity index (χ1v) is 9.39. The van der Waals surface area contributed by atoms with Gasteiger partial charge in [0.15, 0.2) is 0 Å². The second-order valence-corrected chi connectivity index (χ2v) is 8.40. The van der Waals surface area contributed by atoms with Crippen molar-refractivity contribution in [3.63, 3.8) is 0 Å². The van der Waals surface area contributed by atoms with Crippen LogP contribution >= 0.6 is 0 Å². The van der Waals surface area contributed by atoms with Gasteiger partial charge < -0.3 is 10.3 Å². The first-order chi connectivity index (χ1) is 10.3. The highest BCUT2D eigenvalue weighted by Gasteiger charge is 2.43. The second kappa shape index (κ2) is 4.57. The minimum absolute atomic E-state index is 0.271. The Kier molecular flexibility index (Phi) is 2.95. The maximum atomic E-state index is 11.6. The van der Waals surface area contributed by atoms with E-state index in [2.05, 4.69) is 34.7 Å². The Bertz CT molecular complexity index is 842. The van der Waals surface area contributed by atoms with Gasteiger partial charge in [-0.15, -0.1) is 0 Å². The smallest absolute Gasteiger partial charge is 0.264 e. The average Bonchev–Trinajstić information content (AvgIpc) is 2.82. The van der Waals surface area contributed by atoms with Crippen LogP contribution in [0.2, 0.25) is 0 Å². The Morgan fingerprint density at radius 1 is 1.36 bits per heavy atom. The quantitative estimate of drug-likeness (QED) is 0.829. The molecule has 2 heterocycles. The molecule has 0 amide bonds. The maximum absolute atomic E-state index is 11.6. The molecule has 1 saturated heterocycles. The number of rotatable bonds is 2. The number of benzene rings is 1. The van der Waals surface area contributed by atoms with Gasteiger partial charge in [-0.05, 0) is 37.0 Å². The van der Waals surface area contributed by atoms with Gasteiger partial charge in [0.05, 0.1) is 11.9 Å². The van der Waals surface area contributed by atoms with Crippen LogP contribution in [0.5, 0.6) is 0 Å². The third-order valence-corrected chi connectivity index (χ3v) is 5.59. The van der Waals surface area contributed by atoms with E-state index in [0.717, 1.165) is 18.2 Å². The van der Waals surface area contributed by atoms with E-state index < -0.39 is 15.7 Å². The Hall–Kier alpha value is -1.37. The van der Waals surface area contributed by atoms with Crippen molar-refractivity contribution in [3.8, 4) is 0 Å². The van der Waals surface area contributed by atoms with E-state index in [1.54, 1.807) is 0 Å². The lowest BCUT2D eigenvalue weighted by Crippen LogP contribution is -2.55. The molecule has 118 valence electrons. The Balaban J connectivity index is 1.75. The highest BCUT2D eigenvalue weighted by molar-refractivity contribution is 7.86. The van der Waals surface area contributed by atoms with Crippen LogP contribution < -0.4 is 5.32 Å². The van der Waals surface area contributed by atoms with E-state index in [-0.39, 0.29) is 5.92 Å². The summed E-state index contributed by atoms with van der Waals surface area (Å²) in [5.74, 6) is 0.271. The molecule has 1 aromatic carbocycles. The highest BCUT2D eigenvalue weighted by Crippen LogP contribution is 2.43. The number of aromatic nitrogens is 1. The molecule has 0 spiro atoms. The fourth-order valence-electron chi connectivity index (χ4n) is 4.13. The zero-order valence-corrected chi connectivity index (χ0v) is 13.5. The van der Waals surface area contributed by atoms with Gasteiger partial charge in [0.2, 0.25) is 0 Å². The molecule has 1 aliphatic carbocycles. The zero-order valence-electron chi connectivity index (χ0n) is 12.7. The van der Waals surface area contributed by atoms with Crippen molar-refractivity contribution in [1.29, 1.82) is 0 Å². The van der Waals surface area contributed by atoms with E-state index in [1.807, 2.05) is 6.92 Å². The number of piperidine rings is 1. The van der Waals surface area contributed by atoms with Crippen LogP contribution in [0.25, 0.3) is 10.9 Å². The van der Waals surface area contributed by atoms with E-state index >= 15 is 0 Å². The minimum atomic E-state index is -3.47. The van der Waals surface area contributed by atoms with E-state index in [9.17, 15) is 8.42 Å². The summed E-state index contributed by atoms with van der Waals surface area (Å²) in [5.41, 5.74) is 3.10. The van der Waals surface area contributed by atoms with E-state index in [1.165, 1.54) is 16.5 Å². The first-order valence-electron chi connectivity index (χ1n) is 7.58. The summed E-state index contributed by atoms with van der Waals surface area (Å²) in [6.07, 6.45) is 4.89. The predicted octanol–water partition coefficient (Wildman–Crippen LogP) is 1.90. The molecule has 0 radical (unpaired) electrons. The summed E-state index contributed by atoms with van der Waals surface area (Å²) >= 11 is 0. The monoisotopic (exact) mass is 320 g/mol. The van der Waals surface area contributed by atoms with E-state index in [0.29, 0.717) is 19.0 Å². The van der Waals surface area contributed by atoms with Crippen LogP contribution in [0, 0.1) is 0 Å². The minimum Gasteiger partial charge on any atom is -0.361 e. The van der Waals surface area contributed by atoms with Gasteiger partial charge in [-0.25, -0.2) is 0 Å². The second-order valence-electron chi connectivity index (χ2n) is 6.82. The lowest BCUT2D eigenvalue weighted by molar-refractivity contribution is 0.0455. The van der Waals surface area contributed by atoms with Gasteiger partial charge in [-0.2, -0.15) is 8.42 Å². The molecule has 2 aromatic rings. The number of hydrogen-bond donors (Lipinski definition) is 2. The molecule has 1 aromatic heterocycles. The molecular weight excluding hydrogens is 300 g/mol. The van der Waals surface area contributed by atoms with Gasteiger partial charge >= 0.3 is 0 Å². The number of nitrogens with one attached hydrogen (secondary N) is 2. The van der Waals surface area contributed by atoms with Crippen molar-refractivity contribution in [2.75, 3.05) is 12.8 Å². The van der Waals surface area contributed by atoms with Gasteiger partial charge in [0, 0.05) is 35.6 Å². The highest BCUT2D eigenvalue weighted by atomic mass is 32.2. The molecule has 1 fully saturated rings. The van der Waals surface area contributed by atoms with Gasteiger partial charge in [-0.1, -0.05) is 12.1 Å². The summed E-state index contributed by atoms with van der Waals surface area (Å²) in [5, 5.41) is 4.80. The molecule has 2 aliphatic rings. The van der Waals surface area contributed by atoms with Crippen LogP contribution in [0.4, 0.5) is 0 Å². The van der Waals surface area contributed by atoms with Crippen molar-refractivity contribution < 1.29 is 12.6 Å². The molecule has 3 atom stereocenters. The predicted molar refractivity (Wildman–Crippen MR) is 85.5 cm³/mol. The molecule has 1 unspecified atom stereocenters. The van der Waals surface area contributed by atoms with Crippen molar-refractivity contribution >= 4 is 21.0 Å². The van der Waals surface area contributed by atoms with Crippen molar-refractivity contribution in [1.82, 2.24) is 10.3 Å². The van der Waals surface area contributed by atoms with Crippen molar-refractivity contribution in [3.05, 3.63) is 35.5 Å². The van der Waals surface area contributed by atoms with Crippen LogP contribution in [0.1, 0.15) is 30.4 Å². The zero-order chi connectivity index (χ0) is 15.5. The largest absolute Gasteiger partial charge is 0.361 e. The maximum Gasteiger partial charge on any atom is 0.264 e. The molecule has 6 heteroatoms. The number of hydrogen-bond acceptors (Lipinski definition) is 4. The number of fused-ring (bicyclic) bond motifs is 2. The van der Waals surface area contributed by atoms with Crippen LogP contribution in [-0.2, 0) is 20.7 Å². The van der Waals surface area contributed by atoms with Gasteiger partial charge in [0.1, 0.15) is 0 Å². The summed E-state index contributed by atoms with van der Waals surface area (Å²) < 4.78 is 28.5. The Labute approximate surface area is 130 Å². The molecule has 0 saturated carbocycles. The molecule has 2 N–H and O–H groups in total. The standard InChI is InChI=1S/C16H20N2O3S/c1-16(21-22(2,19)20)7-12-11-4-3-5-13-15(11)10(8-17-13)6-14(12)18-9-16/h3-5,8,12,14,17-18H,6-7,9H2,1-2H3/t12-,14-,16?/m1/s1. The van der Waals surface area contributed by atoms with Crippen molar-refractivity contribution in [2.24, 2.45) is 0 Å². The summed E-state index contributed by atoms with van der Waals surface area (Å²) in [6, 6.07) is 6.64. The fourth-order valence-corrected chi connectivity index (χ4v) is 4.99. The third-order valence-electron chi connectivity index (χ3n) is 4.89. The number of aromatic amines is 1. The van der Waals surface area contributed by atoms with Gasteiger partial charge in [0.25, 0.3) is 10.1 Å². The normalized spacial score (nSPS) is 31.2. The van der Waals surface area contributed by atoms with Crippen molar-refractivity contribution in [2.45, 2.75) is 37.3 Å². The lowest BCUT2D eigenvalue weighted by Gasteiger charge is -2.44. The molecule has 1 aliphatic heterocycles. The number of H-pyrrole nitrogens is 1. The average molecular weight is 320 g/mol. The molecule has 0 bridgehead atoms. The summed E-state index contributed by atoms with van der Waals surface area (Å²) in [6.45, 7) is 2.43. The first kappa shape index (κ1) is 14.2. The third kappa shape index (κ3) is 2.26. The Morgan fingerprint density at radius 3 is 2.95 bits per heavy atom. The summed E-state index contributed by atoms with van der Waals surface area (Å²) in [4.78, 5) is 3.33. The van der Waals surface area contributed by atoms with Gasteiger partial charge in [-0.3, -0.25) is 4.18 Å². The topological polar surface area (TPSA) is 71.2 Å². The van der Waals surface area contributed by atoms with Crippen LogP contribution in [0.3, 0.4) is 0 Å². The molecular formula is C16H20N2O3S. The molecule has 5 nitrogen and oxygen atoms in total. The lowest BCUT2D eigenvalue weighted by atomic mass is 9.72. The van der Waals surface area contributed by atoms with Crippen LogP contribution in [-0.4, -0.2) is 37.8 Å². The Morgan fingerprint density at radius 2 is 2.18 bits per heavy atom.